The Bertz CT molecular complexity index is 1000. The van der Waals surface area contributed by atoms with Crippen LogP contribution in [0, 0.1) is 11.6 Å². The summed E-state index contributed by atoms with van der Waals surface area (Å²) in [6.45, 7) is -1.26. The molecule has 0 atom stereocenters. The number of aromatic nitrogens is 2. The van der Waals surface area contributed by atoms with Gasteiger partial charge in [0, 0.05) is 11.8 Å². The summed E-state index contributed by atoms with van der Waals surface area (Å²) in [6, 6.07) is 11.3. The van der Waals surface area contributed by atoms with Crippen LogP contribution < -0.4 is 5.32 Å². The summed E-state index contributed by atoms with van der Waals surface area (Å²) >= 11 is 0.810. The van der Waals surface area contributed by atoms with Crippen LogP contribution in [0.3, 0.4) is 0 Å². The van der Waals surface area contributed by atoms with E-state index in [2.05, 4.69) is 10.3 Å². The number of nitrogens with one attached hydrogen (secondary N) is 1. The minimum absolute atomic E-state index is 0.0154. The smallest absolute Gasteiger partial charge is 0.325 e. The Morgan fingerprint density at radius 2 is 1.79 bits per heavy atom. The van der Waals surface area contributed by atoms with Gasteiger partial charge in [0.15, 0.2) is 16.8 Å². The number of carbonyl (C=O) groups excluding carboxylic acids is 1. The molecule has 0 fully saturated rings. The van der Waals surface area contributed by atoms with Gasteiger partial charge in [0.05, 0.1) is 17.6 Å². The summed E-state index contributed by atoms with van der Waals surface area (Å²) in [5, 5.41) is 2.38. The maximum atomic E-state index is 13.2. The summed E-state index contributed by atoms with van der Waals surface area (Å²) in [4.78, 5) is 16.1. The molecule has 0 aliphatic rings. The summed E-state index contributed by atoms with van der Waals surface area (Å²) in [5.74, 6) is -3.03. The molecule has 1 heterocycles. The maximum absolute atomic E-state index is 13.2. The third kappa shape index (κ3) is 5.57. The average molecular weight is 427 g/mol. The first-order chi connectivity index (χ1) is 13.7. The van der Waals surface area contributed by atoms with Crippen molar-refractivity contribution < 1.29 is 26.7 Å². The third-order valence-electron chi connectivity index (χ3n) is 3.76. The van der Waals surface area contributed by atoms with Gasteiger partial charge in [-0.3, -0.25) is 4.79 Å². The lowest BCUT2D eigenvalue weighted by atomic mass is 10.2. The second-order valence-corrected chi connectivity index (χ2v) is 6.90. The van der Waals surface area contributed by atoms with Gasteiger partial charge < -0.3 is 9.88 Å². The second-order valence-electron chi connectivity index (χ2n) is 5.96. The van der Waals surface area contributed by atoms with Crippen molar-refractivity contribution in [3.05, 3.63) is 66.4 Å². The largest absolute Gasteiger partial charge is 0.406 e. The highest BCUT2D eigenvalue weighted by molar-refractivity contribution is 7.99. The van der Waals surface area contributed by atoms with E-state index in [1.165, 1.54) is 12.3 Å². The van der Waals surface area contributed by atoms with Crippen LogP contribution >= 0.6 is 11.8 Å². The molecule has 1 N–H and O–H groups in total. The SMILES string of the molecule is O=C(CSc1ncc(-c2ccccc2)n1CC(F)(F)F)Nc1ccc(F)c(F)c1. The topological polar surface area (TPSA) is 46.9 Å². The van der Waals surface area contributed by atoms with Gasteiger partial charge in [-0.25, -0.2) is 13.8 Å². The molecule has 0 spiro atoms. The Labute approximate surface area is 166 Å². The monoisotopic (exact) mass is 427 g/mol. The molecule has 0 radical (unpaired) electrons. The maximum Gasteiger partial charge on any atom is 0.406 e. The zero-order valence-corrected chi connectivity index (χ0v) is 15.5. The van der Waals surface area contributed by atoms with Crippen molar-refractivity contribution in [1.82, 2.24) is 9.55 Å². The lowest BCUT2D eigenvalue weighted by Gasteiger charge is -2.14. The number of nitrogens with zero attached hydrogens (tertiary/aromatic N) is 2. The number of imidazole rings is 1. The number of anilines is 1. The van der Waals surface area contributed by atoms with E-state index in [1.54, 1.807) is 30.3 Å². The van der Waals surface area contributed by atoms with E-state index in [1.807, 2.05) is 0 Å². The summed E-state index contributed by atoms with van der Waals surface area (Å²) in [6.07, 6.45) is -3.16. The second kappa shape index (κ2) is 8.64. The van der Waals surface area contributed by atoms with Crippen molar-refractivity contribution in [2.45, 2.75) is 17.9 Å². The number of thioether (sulfide) groups is 1. The molecule has 0 aliphatic heterocycles. The predicted molar refractivity (Wildman–Crippen MR) is 99.4 cm³/mol. The molecule has 10 heteroatoms. The fourth-order valence-electron chi connectivity index (χ4n) is 2.55. The van der Waals surface area contributed by atoms with Crippen molar-refractivity contribution >= 4 is 23.4 Å². The standard InChI is InChI=1S/C19H14F5N3OS/c20-14-7-6-13(8-15(14)21)26-17(28)10-29-18-25-9-16(12-4-2-1-3-5-12)27(18)11-19(22,23)24/h1-9H,10-11H2,(H,26,28). The van der Waals surface area contributed by atoms with Gasteiger partial charge in [-0.1, -0.05) is 42.1 Å². The highest BCUT2D eigenvalue weighted by Gasteiger charge is 2.31. The Kier molecular flexibility index (Phi) is 6.21. The number of amides is 1. The average Bonchev–Trinajstić information content (AvgIpc) is 3.04. The lowest BCUT2D eigenvalue weighted by molar-refractivity contribution is -0.141. The van der Waals surface area contributed by atoms with Crippen LogP contribution in [0.25, 0.3) is 11.3 Å². The van der Waals surface area contributed by atoms with E-state index in [4.69, 9.17) is 0 Å². The summed E-state index contributed by atoms with van der Waals surface area (Å²) in [5.41, 5.74) is 0.867. The molecular formula is C19H14F5N3OS. The summed E-state index contributed by atoms with van der Waals surface area (Å²) in [7, 11) is 0. The van der Waals surface area contributed by atoms with E-state index in [0.29, 0.717) is 5.56 Å². The normalized spacial score (nSPS) is 11.5. The Hall–Kier alpha value is -2.88. The zero-order valence-electron chi connectivity index (χ0n) is 14.7. The number of hydrogen-bond donors (Lipinski definition) is 1. The van der Waals surface area contributed by atoms with Crippen LogP contribution in [0.2, 0.25) is 0 Å². The predicted octanol–water partition coefficient (Wildman–Crippen LogP) is 5.12. The molecule has 0 unspecified atom stereocenters. The number of halogens is 5. The first-order valence-corrected chi connectivity index (χ1v) is 9.27. The fraction of sp³-hybridized carbons (Fsp3) is 0.158. The molecule has 3 rings (SSSR count). The van der Waals surface area contributed by atoms with E-state index >= 15 is 0 Å². The molecule has 2 aromatic carbocycles. The number of rotatable bonds is 6. The fourth-order valence-corrected chi connectivity index (χ4v) is 3.32. The minimum atomic E-state index is -4.48. The van der Waals surface area contributed by atoms with Crippen LogP contribution in [-0.2, 0) is 11.3 Å². The molecule has 3 aromatic rings. The highest BCUT2D eigenvalue weighted by atomic mass is 32.2. The van der Waals surface area contributed by atoms with E-state index in [0.717, 1.165) is 28.5 Å². The third-order valence-corrected chi connectivity index (χ3v) is 4.75. The van der Waals surface area contributed by atoms with Crippen LogP contribution in [0.5, 0.6) is 0 Å². The molecule has 0 aliphatic carbocycles. The van der Waals surface area contributed by atoms with Gasteiger partial charge in [0.25, 0.3) is 0 Å². The quantitative estimate of drug-likeness (QED) is 0.439. The molecule has 0 saturated carbocycles. The van der Waals surface area contributed by atoms with Crippen LogP contribution in [-0.4, -0.2) is 27.4 Å². The number of hydrogen-bond acceptors (Lipinski definition) is 3. The van der Waals surface area contributed by atoms with Gasteiger partial charge in [-0.15, -0.1) is 0 Å². The molecule has 29 heavy (non-hydrogen) atoms. The molecular weight excluding hydrogens is 413 g/mol. The Balaban J connectivity index is 1.75. The van der Waals surface area contributed by atoms with E-state index in [-0.39, 0.29) is 22.3 Å². The molecule has 1 aromatic heterocycles. The van der Waals surface area contributed by atoms with Crippen molar-refractivity contribution in [3.63, 3.8) is 0 Å². The van der Waals surface area contributed by atoms with Crippen molar-refractivity contribution in [2.75, 3.05) is 11.1 Å². The van der Waals surface area contributed by atoms with Crippen molar-refractivity contribution in [3.8, 4) is 11.3 Å². The molecule has 0 bridgehead atoms. The van der Waals surface area contributed by atoms with Gasteiger partial charge in [0.1, 0.15) is 6.54 Å². The Morgan fingerprint density at radius 3 is 2.45 bits per heavy atom. The van der Waals surface area contributed by atoms with Crippen LogP contribution in [0.1, 0.15) is 0 Å². The first-order valence-electron chi connectivity index (χ1n) is 8.28. The number of alkyl halides is 3. The van der Waals surface area contributed by atoms with Crippen LogP contribution in [0.15, 0.2) is 59.9 Å². The van der Waals surface area contributed by atoms with E-state index in [9.17, 15) is 26.7 Å². The zero-order chi connectivity index (χ0) is 21.0. The highest BCUT2D eigenvalue weighted by Crippen LogP contribution is 2.30. The first kappa shape index (κ1) is 20.8. The number of benzene rings is 2. The van der Waals surface area contributed by atoms with Gasteiger partial charge in [-0.05, 0) is 17.7 Å². The van der Waals surface area contributed by atoms with Crippen molar-refractivity contribution in [1.29, 1.82) is 0 Å². The van der Waals surface area contributed by atoms with E-state index < -0.39 is 30.3 Å². The van der Waals surface area contributed by atoms with Gasteiger partial charge in [-0.2, -0.15) is 13.2 Å². The van der Waals surface area contributed by atoms with Gasteiger partial charge in [0.2, 0.25) is 5.91 Å². The molecule has 152 valence electrons. The molecule has 1 amide bonds. The Morgan fingerprint density at radius 1 is 1.07 bits per heavy atom. The summed E-state index contributed by atoms with van der Waals surface area (Å²) < 4.78 is 66.3. The minimum Gasteiger partial charge on any atom is -0.325 e. The van der Waals surface area contributed by atoms with Crippen LogP contribution in [0.4, 0.5) is 27.6 Å². The van der Waals surface area contributed by atoms with Gasteiger partial charge >= 0.3 is 6.18 Å². The number of carbonyl (C=O) groups is 1. The molecule has 4 nitrogen and oxygen atoms in total. The lowest BCUT2D eigenvalue weighted by Crippen LogP contribution is -2.20. The molecule has 0 saturated heterocycles. The van der Waals surface area contributed by atoms with Crippen molar-refractivity contribution in [2.24, 2.45) is 0 Å².